The van der Waals surface area contributed by atoms with E-state index in [0.717, 1.165) is 26.1 Å². The second-order valence-corrected chi connectivity index (χ2v) is 9.66. The Labute approximate surface area is 190 Å². The lowest BCUT2D eigenvalue weighted by molar-refractivity contribution is 0.0952. The van der Waals surface area contributed by atoms with Crippen LogP contribution in [0.15, 0.2) is 47.4 Å². The fourth-order valence-corrected chi connectivity index (χ4v) is 4.92. The molecule has 32 heavy (non-hydrogen) atoms. The second-order valence-electron chi connectivity index (χ2n) is 7.69. The lowest BCUT2D eigenvalue weighted by Gasteiger charge is -2.20. The summed E-state index contributed by atoms with van der Waals surface area (Å²) in [6.45, 7) is 3.91. The van der Waals surface area contributed by atoms with Crippen LogP contribution in [0.2, 0.25) is 0 Å². The molecule has 2 aromatic carbocycles. The van der Waals surface area contributed by atoms with E-state index >= 15 is 0 Å². The largest absolute Gasteiger partial charge is 0.493 e. The SMILES string of the molecule is COc1ccc(S(=O)(=O)N(C)c2ccc(C(=O)NCCCN3CCCC3)cc2)cc1OC. The molecule has 0 bridgehead atoms. The summed E-state index contributed by atoms with van der Waals surface area (Å²) < 4.78 is 37.7. The van der Waals surface area contributed by atoms with Crippen molar-refractivity contribution >= 4 is 21.6 Å². The lowest BCUT2D eigenvalue weighted by Crippen LogP contribution is -2.29. The van der Waals surface area contributed by atoms with Crippen LogP contribution >= 0.6 is 0 Å². The number of ether oxygens (including phenoxy) is 2. The number of anilines is 1. The highest BCUT2D eigenvalue weighted by Gasteiger charge is 2.23. The molecule has 1 aliphatic rings. The van der Waals surface area contributed by atoms with E-state index in [9.17, 15) is 13.2 Å². The third-order valence-electron chi connectivity index (χ3n) is 5.64. The minimum absolute atomic E-state index is 0.0810. The summed E-state index contributed by atoms with van der Waals surface area (Å²) in [5.74, 6) is 0.618. The highest BCUT2D eigenvalue weighted by Crippen LogP contribution is 2.31. The Morgan fingerprint density at radius 3 is 2.31 bits per heavy atom. The molecule has 1 saturated heterocycles. The fourth-order valence-electron chi connectivity index (χ4n) is 3.71. The molecule has 0 aliphatic carbocycles. The topological polar surface area (TPSA) is 88.2 Å². The summed E-state index contributed by atoms with van der Waals surface area (Å²) in [6.07, 6.45) is 3.43. The summed E-state index contributed by atoms with van der Waals surface area (Å²) in [4.78, 5) is 14.9. The first-order valence-corrected chi connectivity index (χ1v) is 12.1. The molecule has 3 rings (SSSR count). The van der Waals surface area contributed by atoms with Crippen molar-refractivity contribution in [2.24, 2.45) is 0 Å². The second kappa shape index (κ2) is 10.7. The van der Waals surface area contributed by atoms with Crippen LogP contribution in [0.3, 0.4) is 0 Å². The predicted molar refractivity (Wildman–Crippen MR) is 124 cm³/mol. The first-order valence-electron chi connectivity index (χ1n) is 10.7. The number of hydrogen-bond donors (Lipinski definition) is 1. The van der Waals surface area contributed by atoms with Crippen molar-refractivity contribution in [3.8, 4) is 11.5 Å². The number of hydrogen-bond acceptors (Lipinski definition) is 6. The number of carbonyl (C=O) groups excluding carboxylic acids is 1. The zero-order valence-electron chi connectivity index (χ0n) is 18.8. The van der Waals surface area contributed by atoms with Crippen molar-refractivity contribution in [1.82, 2.24) is 10.2 Å². The van der Waals surface area contributed by atoms with E-state index in [1.807, 2.05) is 0 Å². The fraction of sp³-hybridized carbons (Fsp3) is 0.435. The van der Waals surface area contributed by atoms with E-state index in [4.69, 9.17) is 9.47 Å². The molecule has 1 heterocycles. The third-order valence-corrected chi connectivity index (χ3v) is 7.42. The van der Waals surface area contributed by atoms with Gasteiger partial charge in [0, 0.05) is 25.2 Å². The summed E-state index contributed by atoms with van der Waals surface area (Å²) in [6, 6.07) is 11.0. The molecule has 0 atom stereocenters. The minimum Gasteiger partial charge on any atom is -0.493 e. The maximum absolute atomic E-state index is 13.0. The molecular weight excluding hydrogens is 430 g/mol. The van der Waals surface area contributed by atoms with Gasteiger partial charge in [-0.15, -0.1) is 0 Å². The number of rotatable bonds is 10. The van der Waals surface area contributed by atoms with Gasteiger partial charge in [0.15, 0.2) is 11.5 Å². The molecule has 8 nitrogen and oxygen atoms in total. The smallest absolute Gasteiger partial charge is 0.264 e. The monoisotopic (exact) mass is 461 g/mol. The average Bonchev–Trinajstić information content (AvgIpc) is 3.34. The molecule has 0 saturated carbocycles. The van der Waals surface area contributed by atoms with Crippen molar-refractivity contribution in [3.63, 3.8) is 0 Å². The van der Waals surface area contributed by atoms with Crippen LogP contribution in [0.4, 0.5) is 5.69 Å². The van der Waals surface area contributed by atoms with Crippen LogP contribution in [0.1, 0.15) is 29.6 Å². The van der Waals surface area contributed by atoms with Crippen molar-refractivity contribution in [2.75, 3.05) is 51.8 Å². The Morgan fingerprint density at radius 2 is 1.69 bits per heavy atom. The van der Waals surface area contributed by atoms with Gasteiger partial charge in [0.1, 0.15) is 0 Å². The maximum Gasteiger partial charge on any atom is 0.264 e. The zero-order chi connectivity index (χ0) is 23.1. The van der Waals surface area contributed by atoms with Gasteiger partial charge in [-0.25, -0.2) is 8.42 Å². The van der Waals surface area contributed by atoms with Crippen molar-refractivity contribution < 1.29 is 22.7 Å². The van der Waals surface area contributed by atoms with Gasteiger partial charge in [0.25, 0.3) is 15.9 Å². The number of methoxy groups -OCH3 is 2. The van der Waals surface area contributed by atoms with Gasteiger partial charge < -0.3 is 19.7 Å². The van der Waals surface area contributed by atoms with Crippen LogP contribution in [-0.4, -0.2) is 66.7 Å². The number of nitrogens with zero attached hydrogens (tertiary/aromatic N) is 2. The van der Waals surface area contributed by atoms with E-state index in [-0.39, 0.29) is 10.8 Å². The van der Waals surface area contributed by atoms with Crippen LogP contribution < -0.4 is 19.1 Å². The van der Waals surface area contributed by atoms with E-state index in [0.29, 0.717) is 29.3 Å². The molecule has 2 aromatic rings. The third kappa shape index (κ3) is 5.52. The number of nitrogens with one attached hydrogen (secondary N) is 1. The van der Waals surface area contributed by atoms with E-state index in [1.165, 1.54) is 50.5 Å². The normalized spacial score (nSPS) is 14.2. The number of benzene rings is 2. The quantitative estimate of drug-likeness (QED) is 0.548. The van der Waals surface area contributed by atoms with Gasteiger partial charge in [-0.05, 0) is 75.3 Å². The Kier molecular flexibility index (Phi) is 7.98. The predicted octanol–water partition coefficient (Wildman–Crippen LogP) is 2.74. The van der Waals surface area contributed by atoms with Crippen molar-refractivity contribution in [2.45, 2.75) is 24.2 Å². The maximum atomic E-state index is 13.0. The Balaban J connectivity index is 1.62. The zero-order valence-corrected chi connectivity index (χ0v) is 19.7. The van der Waals surface area contributed by atoms with Crippen LogP contribution in [-0.2, 0) is 10.0 Å². The Bertz CT molecular complexity index is 1020. The summed E-state index contributed by atoms with van der Waals surface area (Å²) >= 11 is 0. The van der Waals surface area contributed by atoms with E-state index in [1.54, 1.807) is 30.3 Å². The van der Waals surface area contributed by atoms with Gasteiger partial charge >= 0.3 is 0 Å². The molecule has 174 valence electrons. The average molecular weight is 462 g/mol. The molecule has 0 spiro atoms. The molecule has 0 unspecified atom stereocenters. The van der Waals surface area contributed by atoms with Crippen LogP contribution in [0.5, 0.6) is 11.5 Å². The number of likely N-dealkylation sites (tertiary alicyclic amines) is 1. The standard InChI is InChI=1S/C23H31N3O5S/c1-25(32(28,29)20-11-12-21(30-2)22(17-20)31-3)19-9-7-18(8-10-19)23(27)24-13-6-16-26-14-4-5-15-26/h7-12,17H,4-6,13-16H2,1-3H3,(H,24,27). The highest BCUT2D eigenvalue weighted by molar-refractivity contribution is 7.92. The van der Waals surface area contributed by atoms with Gasteiger partial charge in [-0.2, -0.15) is 0 Å². The number of amides is 1. The first-order chi connectivity index (χ1) is 15.4. The molecule has 0 radical (unpaired) electrons. The molecule has 1 N–H and O–H groups in total. The molecule has 1 amide bonds. The van der Waals surface area contributed by atoms with Crippen molar-refractivity contribution in [3.05, 3.63) is 48.0 Å². The molecule has 9 heteroatoms. The highest BCUT2D eigenvalue weighted by atomic mass is 32.2. The Hall–Kier alpha value is -2.78. The first kappa shape index (κ1) is 23.9. The lowest BCUT2D eigenvalue weighted by atomic mass is 10.2. The van der Waals surface area contributed by atoms with Crippen LogP contribution in [0, 0.1) is 0 Å². The molecule has 1 aliphatic heterocycles. The van der Waals surface area contributed by atoms with Crippen molar-refractivity contribution in [1.29, 1.82) is 0 Å². The van der Waals surface area contributed by atoms with Gasteiger partial charge in [0.2, 0.25) is 0 Å². The van der Waals surface area contributed by atoms with E-state index < -0.39 is 10.0 Å². The van der Waals surface area contributed by atoms with E-state index in [2.05, 4.69) is 10.2 Å². The molecular formula is C23H31N3O5S. The van der Waals surface area contributed by atoms with Gasteiger partial charge in [-0.3, -0.25) is 9.10 Å². The summed E-state index contributed by atoms with van der Waals surface area (Å²) in [5.41, 5.74) is 0.942. The molecule has 1 fully saturated rings. The minimum atomic E-state index is -3.82. The number of carbonyl (C=O) groups is 1. The van der Waals surface area contributed by atoms with Gasteiger partial charge in [0.05, 0.1) is 24.8 Å². The number of sulfonamides is 1. The summed E-state index contributed by atoms with van der Waals surface area (Å²) in [5, 5.41) is 2.93. The van der Waals surface area contributed by atoms with Gasteiger partial charge in [-0.1, -0.05) is 0 Å². The Morgan fingerprint density at radius 1 is 1.03 bits per heavy atom. The summed E-state index contributed by atoms with van der Waals surface area (Å²) in [7, 11) is 0.598. The molecule has 0 aromatic heterocycles. The van der Waals surface area contributed by atoms with Crippen LogP contribution in [0.25, 0.3) is 0 Å².